The van der Waals surface area contributed by atoms with Gasteiger partial charge in [-0.15, -0.1) is 0 Å². The summed E-state index contributed by atoms with van der Waals surface area (Å²) in [5.74, 6) is -0.272. The second-order valence-electron chi connectivity index (χ2n) is 9.89. The van der Waals surface area contributed by atoms with E-state index in [4.69, 9.17) is 0 Å². The average Bonchev–Trinajstić information content (AvgIpc) is 2.90. The molecule has 0 atom stereocenters. The molecule has 1 aliphatic carbocycles. The fourth-order valence-electron chi connectivity index (χ4n) is 4.73. The highest BCUT2D eigenvalue weighted by molar-refractivity contribution is 6.05. The topological polar surface area (TPSA) is 52.6 Å². The standard InChI is InChI=1S/C32H46N2O2/c1-5-9-21-33(22-10-6-2)27-17-13-25(14-18-27)29-31(35)30(32(29)36)26-15-19-28(20-16-26)34(23-11-7-3)24-12-8-4/h13-20,35-36H,5-12,21-24H2,1-4H3/p-2. The number of benzene rings is 2. The van der Waals surface area contributed by atoms with Gasteiger partial charge in [-0.1, -0.05) is 89.2 Å². The van der Waals surface area contributed by atoms with Gasteiger partial charge in [-0.05, 0) is 72.2 Å². The molecule has 0 radical (unpaired) electrons. The molecule has 0 bridgehead atoms. The second-order valence-corrected chi connectivity index (χ2v) is 9.89. The van der Waals surface area contributed by atoms with E-state index < -0.39 is 0 Å². The molecule has 0 spiro atoms. The van der Waals surface area contributed by atoms with Gasteiger partial charge < -0.3 is 20.0 Å². The Labute approximate surface area is 219 Å². The van der Waals surface area contributed by atoms with Crippen molar-refractivity contribution in [2.24, 2.45) is 0 Å². The number of hydrogen-bond donors (Lipinski definition) is 0. The van der Waals surface area contributed by atoms with E-state index in [1.165, 1.54) is 0 Å². The van der Waals surface area contributed by atoms with Crippen molar-refractivity contribution in [3.63, 3.8) is 0 Å². The predicted molar refractivity (Wildman–Crippen MR) is 151 cm³/mol. The molecule has 4 nitrogen and oxygen atoms in total. The van der Waals surface area contributed by atoms with Crippen LogP contribution in [0.5, 0.6) is 0 Å². The molecule has 4 heteroatoms. The number of allylic oxidation sites excluding steroid dienone is 2. The summed E-state index contributed by atoms with van der Waals surface area (Å²) in [6, 6.07) is 16.0. The van der Waals surface area contributed by atoms with E-state index in [-0.39, 0.29) is 11.5 Å². The number of unbranched alkanes of at least 4 members (excludes halogenated alkanes) is 4. The van der Waals surface area contributed by atoms with Crippen LogP contribution in [0.15, 0.2) is 60.0 Å². The fourth-order valence-corrected chi connectivity index (χ4v) is 4.73. The average molecular weight is 489 g/mol. The van der Waals surface area contributed by atoms with Crippen LogP contribution < -0.4 is 20.0 Å². The number of nitrogens with zero attached hydrogens (tertiary/aromatic N) is 2. The Morgan fingerprint density at radius 3 is 1.00 bits per heavy atom. The molecule has 0 saturated heterocycles. The predicted octanol–water partition coefficient (Wildman–Crippen LogP) is 6.36. The summed E-state index contributed by atoms with van der Waals surface area (Å²) in [6.07, 6.45) is 9.29. The summed E-state index contributed by atoms with van der Waals surface area (Å²) in [6.45, 7) is 13.0. The summed E-state index contributed by atoms with van der Waals surface area (Å²) in [4.78, 5) is 4.82. The van der Waals surface area contributed by atoms with E-state index in [1.54, 1.807) is 0 Å². The minimum Gasteiger partial charge on any atom is -0.872 e. The van der Waals surface area contributed by atoms with E-state index in [1.807, 2.05) is 24.3 Å². The molecule has 196 valence electrons. The first kappa shape index (κ1) is 27.7. The van der Waals surface area contributed by atoms with Crippen molar-refractivity contribution >= 4 is 22.5 Å². The molecule has 2 aromatic rings. The van der Waals surface area contributed by atoms with Crippen LogP contribution >= 0.6 is 0 Å². The minimum atomic E-state index is -0.136. The van der Waals surface area contributed by atoms with Gasteiger partial charge in [0, 0.05) is 37.6 Å². The summed E-state index contributed by atoms with van der Waals surface area (Å²) in [5.41, 5.74) is 4.42. The Hall–Kier alpha value is -2.88. The smallest absolute Gasteiger partial charge is 0.0366 e. The van der Waals surface area contributed by atoms with Gasteiger partial charge in [-0.3, -0.25) is 0 Å². The van der Waals surface area contributed by atoms with Gasteiger partial charge in [0.05, 0.1) is 0 Å². The lowest BCUT2D eigenvalue weighted by Crippen LogP contribution is -2.27. The molecule has 0 aromatic heterocycles. The van der Waals surface area contributed by atoms with Gasteiger partial charge in [-0.2, -0.15) is 0 Å². The largest absolute Gasteiger partial charge is 0.872 e. The van der Waals surface area contributed by atoms with E-state index in [0.717, 1.165) is 100 Å². The highest BCUT2D eigenvalue weighted by atomic mass is 16.3. The van der Waals surface area contributed by atoms with Crippen LogP contribution in [0.25, 0.3) is 11.1 Å². The molecule has 0 fully saturated rings. The van der Waals surface area contributed by atoms with Crippen molar-refractivity contribution in [1.82, 2.24) is 0 Å². The fraction of sp³-hybridized carbons (Fsp3) is 0.500. The lowest BCUT2D eigenvalue weighted by molar-refractivity contribution is -0.316. The Morgan fingerprint density at radius 1 is 0.472 bits per heavy atom. The first-order valence-corrected chi connectivity index (χ1v) is 14.1. The third kappa shape index (κ3) is 6.66. The molecule has 0 N–H and O–H groups in total. The SMILES string of the molecule is CCCCN(CCCC)c1ccc(C2=C([O-])C(c3ccc(N(CCCC)CCCC)cc3)=C2[O-])cc1. The Kier molecular flexibility index (Phi) is 10.8. The Bertz CT molecular complexity index is 895. The summed E-state index contributed by atoms with van der Waals surface area (Å²) in [5, 5.41) is 26.1. The molecule has 3 rings (SSSR count). The summed E-state index contributed by atoms with van der Waals surface area (Å²) < 4.78 is 0. The molecular weight excluding hydrogens is 444 g/mol. The van der Waals surface area contributed by atoms with Crippen LogP contribution in [0.3, 0.4) is 0 Å². The van der Waals surface area contributed by atoms with Crippen molar-refractivity contribution in [1.29, 1.82) is 0 Å². The highest BCUT2D eigenvalue weighted by Gasteiger charge is 2.19. The van der Waals surface area contributed by atoms with Crippen LogP contribution in [0.1, 0.15) is 90.2 Å². The maximum atomic E-state index is 13.1. The maximum absolute atomic E-state index is 13.1. The lowest BCUT2D eigenvalue weighted by atomic mass is 9.84. The molecule has 0 saturated carbocycles. The van der Waals surface area contributed by atoms with Crippen LogP contribution in [0, 0.1) is 0 Å². The Balaban J connectivity index is 1.73. The van der Waals surface area contributed by atoms with Gasteiger partial charge in [0.2, 0.25) is 0 Å². The summed E-state index contributed by atoms with van der Waals surface area (Å²) >= 11 is 0. The first-order chi connectivity index (χ1) is 17.5. The first-order valence-electron chi connectivity index (χ1n) is 14.1. The van der Waals surface area contributed by atoms with E-state index >= 15 is 0 Å². The van der Waals surface area contributed by atoms with Crippen LogP contribution in [-0.2, 0) is 0 Å². The molecule has 0 unspecified atom stereocenters. The lowest BCUT2D eigenvalue weighted by Gasteiger charge is -2.40. The number of hydrogen-bond acceptors (Lipinski definition) is 4. The molecule has 0 aliphatic heterocycles. The maximum Gasteiger partial charge on any atom is 0.0366 e. The van der Waals surface area contributed by atoms with Gasteiger partial charge in [-0.25, -0.2) is 0 Å². The minimum absolute atomic E-state index is 0.136. The molecule has 36 heavy (non-hydrogen) atoms. The van der Waals surface area contributed by atoms with Crippen LogP contribution in [0.4, 0.5) is 11.4 Å². The monoisotopic (exact) mass is 488 g/mol. The quantitative estimate of drug-likeness (QED) is 0.276. The van der Waals surface area contributed by atoms with E-state index in [2.05, 4.69) is 61.8 Å². The molecule has 0 heterocycles. The second kappa shape index (κ2) is 14.0. The van der Waals surface area contributed by atoms with Gasteiger partial charge in [0.15, 0.2) is 0 Å². The number of rotatable bonds is 16. The van der Waals surface area contributed by atoms with Gasteiger partial charge in [0.25, 0.3) is 0 Å². The third-order valence-corrected chi connectivity index (χ3v) is 7.08. The zero-order valence-electron chi connectivity index (χ0n) is 22.8. The highest BCUT2D eigenvalue weighted by Crippen LogP contribution is 2.42. The molecule has 2 aromatic carbocycles. The van der Waals surface area contributed by atoms with E-state index in [9.17, 15) is 10.2 Å². The van der Waals surface area contributed by atoms with Gasteiger partial charge in [0.1, 0.15) is 0 Å². The zero-order valence-corrected chi connectivity index (χ0v) is 22.8. The Morgan fingerprint density at radius 2 is 0.750 bits per heavy atom. The summed E-state index contributed by atoms with van der Waals surface area (Å²) in [7, 11) is 0. The van der Waals surface area contributed by atoms with Crippen molar-refractivity contribution in [3.8, 4) is 0 Å². The third-order valence-electron chi connectivity index (χ3n) is 7.08. The van der Waals surface area contributed by atoms with Crippen molar-refractivity contribution in [2.45, 2.75) is 79.1 Å². The van der Waals surface area contributed by atoms with Crippen molar-refractivity contribution in [2.75, 3.05) is 36.0 Å². The number of anilines is 2. The van der Waals surface area contributed by atoms with Crippen LogP contribution in [0.2, 0.25) is 0 Å². The zero-order chi connectivity index (χ0) is 25.9. The van der Waals surface area contributed by atoms with Gasteiger partial charge >= 0.3 is 0 Å². The van der Waals surface area contributed by atoms with Crippen molar-refractivity contribution < 1.29 is 10.2 Å². The molecule has 1 aliphatic rings. The normalized spacial score (nSPS) is 13.2. The molecular formula is C32H44N2O2-2. The van der Waals surface area contributed by atoms with Crippen molar-refractivity contribution in [3.05, 3.63) is 71.2 Å². The molecule has 0 amide bonds. The van der Waals surface area contributed by atoms with E-state index in [0.29, 0.717) is 11.1 Å². The van der Waals surface area contributed by atoms with Crippen LogP contribution in [-0.4, -0.2) is 26.2 Å².